The number of anilines is 1. The van der Waals surface area contributed by atoms with Crippen molar-refractivity contribution >= 4 is 28.8 Å². The lowest BCUT2D eigenvalue weighted by atomic mass is 9.80. The van der Waals surface area contributed by atoms with Gasteiger partial charge in [-0.1, -0.05) is 11.3 Å². The summed E-state index contributed by atoms with van der Waals surface area (Å²) in [6.07, 6.45) is 4.57. The third-order valence-corrected chi connectivity index (χ3v) is 6.67. The number of carboxylic acid groups (broad SMARTS) is 1. The molecule has 0 bridgehead atoms. The molecule has 2 aromatic heterocycles. The molecule has 31 heavy (non-hydrogen) atoms. The minimum absolute atomic E-state index is 0.102. The lowest BCUT2D eigenvalue weighted by Gasteiger charge is -2.32. The maximum absolute atomic E-state index is 12.8. The topological polar surface area (TPSA) is 121 Å². The number of nitrogens with zero attached hydrogens (tertiary/aromatic N) is 8. The minimum atomic E-state index is -0.250. The quantitative estimate of drug-likeness (QED) is 0.599. The summed E-state index contributed by atoms with van der Waals surface area (Å²) in [4.78, 5) is 31.8. The second-order valence-electron chi connectivity index (χ2n) is 8.42. The van der Waals surface area contributed by atoms with Gasteiger partial charge in [0.25, 0.3) is 6.47 Å². The van der Waals surface area contributed by atoms with Gasteiger partial charge in [-0.2, -0.15) is 5.10 Å². The molecule has 2 aliphatic heterocycles. The first kappa shape index (κ1) is 23.1. The summed E-state index contributed by atoms with van der Waals surface area (Å²) in [6.45, 7) is 7.01. The molecule has 2 fully saturated rings. The van der Waals surface area contributed by atoms with Crippen LogP contribution in [0.5, 0.6) is 0 Å². The fourth-order valence-electron chi connectivity index (χ4n) is 4.68. The van der Waals surface area contributed by atoms with Gasteiger partial charge in [0.2, 0.25) is 11.0 Å². The third kappa shape index (κ3) is 5.56. The van der Waals surface area contributed by atoms with Gasteiger partial charge >= 0.3 is 0 Å². The van der Waals surface area contributed by atoms with Crippen LogP contribution in [-0.2, 0) is 16.1 Å². The van der Waals surface area contributed by atoms with E-state index in [1.165, 1.54) is 6.33 Å². The monoisotopic (exact) mass is 450 g/mol. The SMILES string of the molecule is Cc1nnc(N2C[C@H]3CN(C(=O)CCCn4cncn4)C[C@@]3(CN(C)C)C2)s1.O=CO. The molecule has 4 heterocycles. The molecule has 0 aromatic carbocycles. The van der Waals surface area contributed by atoms with E-state index >= 15 is 0 Å². The van der Waals surface area contributed by atoms with E-state index in [0.29, 0.717) is 12.3 Å². The lowest BCUT2D eigenvalue weighted by molar-refractivity contribution is -0.130. The molecule has 0 aliphatic carbocycles. The predicted octanol–water partition coefficient (Wildman–Crippen LogP) is 0.446. The molecule has 12 heteroatoms. The summed E-state index contributed by atoms with van der Waals surface area (Å²) in [5, 5.41) is 21.5. The van der Waals surface area contributed by atoms with Crippen molar-refractivity contribution in [3.8, 4) is 0 Å². The van der Waals surface area contributed by atoms with Gasteiger partial charge in [-0.25, -0.2) is 4.98 Å². The van der Waals surface area contributed by atoms with E-state index in [0.717, 1.165) is 55.8 Å². The van der Waals surface area contributed by atoms with E-state index in [9.17, 15) is 4.79 Å². The van der Waals surface area contributed by atoms with Crippen LogP contribution in [0, 0.1) is 18.3 Å². The Morgan fingerprint density at radius 2 is 2.13 bits per heavy atom. The number of carbonyl (C=O) groups is 2. The molecular formula is C19H30N8O3S. The normalized spacial score (nSPS) is 22.4. The molecule has 0 spiro atoms. The van der Waals surface area contributed by atoms with Gasteiger partial charge in [-0.3, -0.25) is 14.3 Å². The molecule has 2 saturated heterocycles. The Bertz CT molecular complexity index is 858. The molecular weight excluding hydrogens is 420 g/mol. The first-order chi connectivity index (χ1) is 14.9. The average Bonchev–Trinajstić information content (AvgIpc) is 3.45. The fraction of sp³-hybridized carbons (Fsp3) is 0.684. The molecule has 0 unspecified atom stereocenters. The van der Waals surface area contributed by atoms with Crippen LogP contribution < -0.4 is 4.90 Å². The summed E-state index contributed by atoms with van der Waals surface area (Å²) < 4.78 is 1.78. The molecule has 1 N–H and O–H groups in total. The molecule has 0 saturated carbocycles. The Labute approximate surface area is 185 Å². The van der Waals surface area contributed by atoms with Crippen molar-refractivity contribution in [2.75, 3.05) is 51.7 Å². The van der Waals surface area contributed by atoms with Crippen LogP contribution in [0.2, 0.25) is 0 Å². The van der Waals surface area contributed by atoms with Crippen LogP contribution in [-0.4, -0.2) is 99.1 Å². The largest absolute Gasteiger partial charge is 0.483 e. The van der Waals surface area contributed by atoms with Crippen LogP contribution in [0.3, 0.4) is 0 Å². The Balaban J connectivity index is 0.000000858. The number of aryl methyl sites for hydroxylation is 2. The number of likely N-dealkylation sites (tertiary alicyclic amines) is 1. The van der Waals surface area contributed by atoms with Crippen LogP contribution in [0.25, 0.3) is 0 Å². The lowest BCUT2D eigenvalue weighted by Crippen LogP contribution is -2.43. The predicted molar refractivity (Wildman–Crippen MR) is 116 cm³/mol. The third-order valence-electron chi connectivity index (χ3n) is 5.77. The van der Waals surface area contributed by atoms with Crippen molar-refractivity contribution in [2.24, 2.45) is 11.3 Å². The smallest absolute Gasteiger partial charge is 0.290 e. The van der Waals surface area contributed by atoms with Crippen molar-refractivity contribution in [2.45, 2.75) is 26.3 Å². The summed E-state index contributed by atoms with van der Waals surface area (Å²) in [5.74, 6) is 0.726. The molecule has 170 valence electrons. The summed E-state index contributed by atoms with van der Waals surface area (Å²) in [7, 11) is 4.23. The highest BCUT2D eigenvalue weighted by atomic mass is 32.1. The van der Waals surface area contributed by atoms with Crippen LogP contribution in [0.15, 0.2) is 12.7 Å². The van der Waals surface area contributed by atoms with Gasteiger partial charge in [0.1, 0.15) is 17.7 Å². The zero-order valence-corrected chi connectivity index (χ0v) is 19.0. The molecule has 11 nitrogen and oxygen atoms in total. The number of hydrogen-bond acceptors (Lipinski definition) is 9. The molecule has 1 amide bonds. The van der Waals surface area contributed by atoms with Gasteiger partial charge in [0.15, 0.2) is 0 Å². The van der Waals surface area contributed by atoms with Gasteiger partial charge in [0.05, 0.1) is 0 Å². The number of hydrogen-bond donors (Lipinski definition) is 1. The standard InChI is InChI=1S/C18H28N8OS.CH2O2/c1-14-21-22-17(28-14)25-8-15-7-24(10-18(15,11-25)9-23(2)3)16(27)5-4-6-26-13-19-12-20-26;2-1-3/h12-13,15H,4-11H2,1-3H3;1H,(H,2,3)/t15-,18+;/m1./s1. The molecule has 2 atom stereocenters. The van der Waals surface area contributed by atoms with Crippen molar-refractivity contribution in [1.29, 1.82) is 0 Å². The maximum atomic E-state index is 12.8. The molecule has 2 aromatic rings. The highest BCUT2D eigenvalue weighted by Gasteiger charge is 2.54. The number of amides is 1. The summed E-state index contributed by atoms with van der Waals surface area (Å²) >= 11 is 1.65. The van der Waals surface area contributed by atoms with Crippen molar-refractivity contribution < 1.29 is 14.7 Å². The molecule has 0 radical (unpaired) electrons. The molecule has 4 rings (SSSR count). The number of carbonyl (C=O) groups excluding carboxylic acids is 1. The van der Waals surface area contributed by atoms with Crippen LogP contribution >= 0.6 is 11.3 Å². The first-order valence-corrected chi connectivity index (χ1v) is 11.1. The van der Waals surface area contributed by atoms with Crippen molar-refractivity contribution in [3.63, 3.8) is 0 Å². The van der Waals surface area contributed by atoms with E-state index in [4.69, 9.17) is 9.90 Å². The van der Waals surface area contributed by atoms with E-state index in [1.807, 2.05) is 6.92 Å². The first-order valence-electron chi connectivity index (χ1n) is 10.2. The van der Waals surface area contributed by atoms with Crippen molar-refractivity contribution in [3.05, 3.63) is 17.7 Å². The van der Waals surface area contributed by atoms with Crippen LogP contribution in [0.4, 0.5) is 5.13 Å². The summed E-state index contributed by atoms with van der Waals surface area (Å²) in [6, 6.07) is 0. The van der Waals surface area contributed by atoms with Gasteiger partial charge < -0.3 is 19.8 Å². The number of rotatable bonds is 7. The average molecular weight is 451 g/mol. The van der Waals surface area contributed by atoms with E-state index in [-0.39, 0.29) is 17.8 Å². The van der Waals surface area contributed by atoms with E-state index < -0.39 is 0 Å². The highest BCUT2D eigenvalue weighted by Crippen LogP contribution is 2.45. The Morgan fingerprint density at radius 1 is 1.35 bits per heavy atom. The van der Waals surface area contributed by atoms with Gasteiger partial charge in [-0.15, -0.1) is 10.2 Å². The van der Waals surface area contributed by atoms with Crippen molar-refractivity contribution in [1.82, 2.24) is 34.8 Å². The van der Waals surface area contributed by atoms with E-state index in [2.05, 4.69) is 49.1 Å². The fourth-order valence-corrected chi connectivity index (χ4v) is 5.38. The Morgan fingerprint density at radius 3 is 2.74 bits per heavy atom. The van der Waals surface area contributed by atoms with Crippen LogP contribution in [0.1, 0.15) is 17.8 Å². The van der Waals surface area contributed by atoms with E-state index in [1.54, 1.807) is 22.3 Å². The summed E-state index contributed by atoms with van der Waals surface area (Å²) in [5.41, 5.74) is 0.102. The number of fused-ring (bicyclic) bond motifs is 1. The van der Waals surface area contributed by atoms with Gasteiger partial charge in [0, 0.05) is 57.0 Å². The van der Waals surface area contributed by atoms with Gasteiger partial charge in [-0.05, 0) is 27.4 Å². The minimum Gasteiger partial charge on any atom is -0.483 e. The Hall–Kier alpha value is -2.60. The number of aromatic nitrogens is 5. The highest BCUT2D eigenvalue weighted by molar-refractivity contribution is 7.15. The Kier molecular flexibility index (Phi) is 7.55. The zero-order chi connectivity index (χ0) is 22.4. The zero-order valence-electron chi connectivity index (χ0n) is 18.2. The second-order valence-corrected chi connectivity index (χ2v) is 9.58. The second kappa shape index (κ2) is 10.1. The molecule has 2 aliphatic rings. The maximum Gasteiger partial charge on any atom is 0.290 e.